The van der Waals surface area contributed by atoms with Gasteiger partial charge < -0.3 is 4.74 Å². The van der Waals surface area contributed by atoms with E-state index in [0.29, 0.717) is 16.3 Å². The molecule has 27 heavy (non-hydrogen) atoms. The highest BCUT2D eigenvalue weighted by molar-refractivity contribution is 6.30. The minimum atomic E-state index is -4.43. The molecule has 0 unspecified atom stereocenters. The van der Waals surface area contributed by atoms with Crippen LogP contribution in [-0.4, -0.2) is 15.7 Å². The molecule has 0 N–H and O–H groups in total. The van der Waals surface area contributed by atoms with Crippen LogP contribution in [0.5, 0.6) is 5.88 Å². The summed E-state index contributed by atoms with van der Waals surface area (Å²) in [6.45, 7) is 1.72. The van der Waals surface area contributed by atoms with Crippen LogP contribution in [0.4, 0.5) is 13.2 Å². The number of esters is 1. The third kappa shape index (κ3) is 4.68. The Bertz CT molecular complexity index is 983. The molecule has 0 aliphatic heterocycles. The summed E-state index contributed by atoms with van der Waals surface area (Å²) in [5, 5.41) is 4.58. The number of halogens is 4. The van der Waals surface area contributed by atoms with Gasteiger partial charge in [-0.3, -0.25) is 0 Å². The molecule has 0 radical (unpaired) electrons. The number of aryl methyl sites for hydroxylation is 1. The van der Waals surface area contributed by atoms with Crippen molar-refractivity contribution in [3.8, 4) is 5.88 Å². The van der Waals surface area contributed by atoms with E-state index in [1.807, 2.05) is 0 Å². The third-order valence-corrected chi connectivity index (χ3v) is 3.94. The van der Waals surface area contributed by atoms with Gasteiger partial charge in [0.15, 0.2) is 0 Å². The molecule has 4 nitrogen and oxygen atoms in total. The van der Waals surface area contributed by atoms with Crippen molar-refractivity contribution in [2.75, 3.05) is 0 Å². The first-order chi connectivity index (χ1) is 12.7. The van der Waals surface area contributed by atoms with Gasteiger partial charge in [-0.2, -0.15) is 18.3 Å². The van der Waals surface area contributed by atoms with Gasteiger partial charge in [-0.25, -0.2) is 9.48 Å². The zero-order valence-corrected chi connectivity index (χ0v) is 14.9. The van der Waals surface area contributed by atoms with E-state index in [2.05, 4.69) is 5.10 Å². The minimum absolute atomic E-state index is 0.0237. The molecule has 1 heterocycles. The van der Waals surface area contributed by atoms with Crippen molar-refractivity contribution in [3.05, 3.63) is 82.0 Å². The normalized spacial score (nSPS) is 11.4. The molecule has 0 bridgehead atoms. The number of hydrogen-bond donors (Lipinski definition) is 0. The van der Waals surface area contributed by atoms with Crippen LogP contribution in [0.25, 0.3) is 0 Å². The Morgan fingerprint density at radius 2 is 1.89 bits per heavy atom. The Kier molecular flexibility index (Phi) is 5.23. The highest BCUT2D eigenvalue weighted by Crippen LogP contribution is 2.30. The Morgan fingerprint density at radius 1 is 1.15 bits per heavy atom. The highest BCUT2D eigenvalue weighted by Gasteiger charge is 2.30. The SMILES string of the molecule is Cc1cc(OC(=O)c2cccc(Cl)c2)n(Cc2cccc(C(F)(F)F)c2)n1. The fourth-order valence-corrected chi connectivity index (χ4v) is 2.70. The number of carbonyl (C=O) groups excluding carboxylic acids is 1. The van der Waals surface area contributed by atoms with E-state index in [0.717, 1.165) is 12.1 Å². The lowest BCUT2D eigenvalue weighted by Crippen LogP contribution is -2.13. The first-order valence-corrected chi connectivity index (χ1v) is 8.28. The Balaban J connectivity index is 1.83. The fourth-order valence-electron chi connectivity index (χ4n) is 2.51. The number of ether oxygens (including phenoxy) is 1. The first kappa shape index (κ1) is 19.0. The number of nitrogens with zero attached hydrogens (tertiary/aromatic N) is 2. The quantitative estimate of drug-likeness (QED) is 0.576. The van der Waals surface area contributed by atoms with Crippen molar-refractivity contribution < 1.29 is 22.7 Å². The summed E-state index contributed by atoms with van der Waals surface area (Å²) in [5.41, 5.74) is 0.456. The van der Waals surface area contributed by atoms with Crippen LogP contribution < -0.4 is 4.74 Å². The zero-order valence-electron chi connectivity index (χ0n) is 14.1. The van der Waals surface area contributed by atoms with Crippen molar-refractivity contribution in [2.45, 2.75) is 19.6 Å². The average molecular weight is 395 g/mol. The molecule has 0 saturated carbocycles. The van der Waals surface area contributed by atoms with Crippen molar-refractivity contribution >= 4 is 17.6 Å². The second kappa shape index (κ2) is 7.44. The van der Waals surface area contributed by atoms with Gasteiger partial charge in [-0.05, 0) is 42.8 Å². The second-order valence-electron chi connectivity index (χ2n) is 5.88. The van der Waals surface area contributed by atoms with Gasteiger partial charge in [0.2, 0.25) is 5.88 Å². The van der Waals surface area contributed by atoms with Crippen molar-refractivity contribution in [2.24, 2.45) is 0 Å². The predicted molar refractivity (Wildman–Crippen MR) is 93.9 cm³/mol. The smallest absolute Gasteiger partial charge is 0.404 e. The molecule has 8 heteroatoms. The summed E-state index contributed by atoms with van der Waals surface area (Å²) in [4.78, 5) is 12.3. The van der Waals surface area contributed by atoms with Gasteiger partial charge >= 0.3 is 12.1 Å². The van der Waals surface area contributed by atoms with Gasteiger partial charge in [0.1, 0.15) is 0 Å². The number of carbonyl (C=O) groups is 1. The summed E-state index contributed by atoms with van der Waals surface area (Å²) in [6, 6.07) is 12.7. The van der Waals surface area contributed by atoms with Crippen LogP contribution in [0, 0.1) is 6.92 Å². The van der Waals surface area contributed by atoms with Crippen LogP contribution in [-0.2, 0) is 12.7 Å². The summed E-state index contributed by atoms with van der Waals surface area (Å²) in [5.74, 6) is -0.502. The zero-order chi connectivity index (χ0) is 19.6. The fraction of sp³-hybridized carbons (Fsp3) is 0.158. The van der Waals surface area contributed by atoms with Gasteiger partial charge in [0.05, 0.1) is 23.4 Å². The van der Waals surface area contributed by atoms with E-state index in [4.69, 9.17) is 16.3 Å². The van der Waals surface area contributed by atoms with Crippen molar-refractivity contribution in [1.82, 2.24) is 9.78 Å². The predicted octanol–water partition coefficient (Wildman–Crippen LogP) is 5.13. The lowest BCUT2D eigenvalue weighted by molar-refractivity contribution is -0.137. The number of benzene rings is 2. The van der Waals surface area contributed by atoms with Gasteiger partial charge in [-0.15, -0.1) is 0 Å². The standard InChI is InChI=1S/C19H14ClF3N2O2/c1-12-8-17(27-18(26)14-5-3-7-16(20)10-14)25(24-12)11-13-4-2-6-15(9-13)19(21,22)23/h2-10H,11H2,1H3. The Morgan fingerprint density at radius 3 is 2.59 bits per heavy atom. The molecule has 0 saturated heterocycles. The van der Waals surface area contributed by atoms with E-state index in [1.165, 1.54) is 22.9 Å². The number of alkyl halides is 3. The Labute approximate surface area is 158 Å². The number of rotatable bonds is 4. The lowest BCUT2D eigenvalue weighted by Gasteiger charge is -2.11. The molecule has 2 aromatic carbocycles. The summed E-state index contributed by atoms with van der Waals surface area (Å²) < 4.78 is 45.3. The largest absolute Gasteiger partial charge is 0.416 e. The maximum Gasteiger partial charge on any atom is 0.416 e. The molecule has 0 atom stereocenters. The molecule has 3 rings (SSSR count). The maximum absolute atomic E-state index is 12.9. The highest BCUT2D eigenvalue weighted by atomic mass is 35.5. The van der Waals surface area contributed by atoms with E-state index in [-0.39, 0.29) is 18.0 Å². The molecule has 1 aromatic heterocycles. The average Bonchev–Trinajstić information content (AvgIpc) is 2.93. The first-order valence-electron chi connectivity index (χ1n) is 7.91. The van der Waals surface area contributed by atoms with Crippen LogP contribution >= 0.6 is 11.6 Å². The van der Waals surface area contributed by atoms with E-state index in [1.54, 1.807) is 31.2 Å². The van der Waals surface area contributed by atoms with E-state index < -0.39 is 17.7 Å². The molecule has 0 aliphatic rings. The monoisotopic (exact) mass is 394 g/mol. The van der Waals surface area contributed by atoms with Crippen molar-refractivity contribution in [1.29, 1.82) is 0 Å². The Hall–Kier alpha value is -2.80. The maximum atomic E-state index is 12.9. The number of aromatic nitrogens is 2. The van der Waals surface area contributed by atoms with Gasteiger partial charge in [0, 0.05) is 11.1 Å². The summed E-state index contributed by atoms with van der Waals surface area (Å²) in [7, 11) is 0. The van der Waals surface area contributed by atoms with E-state index >= 15 is 0 Å². The summed E-state index contributed by atoms with van der Waals surface area (Å²) >= 11 is 5.87. The molecular weight excluding hydrogens is 381 g/mol. The van der Waals surface area contributed by atoms with Gasteiger partial charge in [-0.1, -0.05) is 29.8 Å². The van der Waals surface area contributed by atoms with Crippen LogP contribution in [0.2, 0.25) is 5.02 Å². The molecular formula is C19H14ClF3N2O2. The van der Waals surface area contributed by atoms with Crippen molar-refractivity contribution in [3.63, 3.8) is 0 Å². The lowest BCUT2D eigenvalue weighted by atomic mass is 10.1. The van der Waals surface area contributed by atoms with E-state index in [9.17, 15) is 18.0 Å². The molecule has 3 aromatic rings. The minimum Gasteiger partial charge on any atom is -0.404 e. The van der Waals surface area contributed by atoms with Gasteiger partial charge in [0.25, 0.3) is 0 Å². The molecule has 0 spiro atoms. The molecule has 140 valence electrons. The number of hydrogen-bond acceptors (Lipinski definition) is 3. The third-order valence-electron chi connectivity index (χ3n) is 3.71. The van der Waals surface area contributed by atoms with Crippen LogP contribution in [0.1, 0.15) is 27.2 Å². The summed E-state index contributed by atoms with van der Waals surface area (Å²) in [6.07, 6.45) is -4.43. The topological polar surface area (TPSA) is 44.1 Å². The molecule has 0 amide bonds. The molecule has 0 fully saturated rings. The molecule has 0 aliphatic carbocycles. The second-order valence-corrected chi connectivity index (χ2v) is 6.32. The van der Waals surface area contributed by atoms with Crippen LogP contribution in [0.15, 0.2) is 54.6 Å². The van der Waals surface area contributed by atoms with Crippen LogP contribution in [0.3, 0.4) is 0 Å².